The van der Waals surface area contributed by atoms with Crippen LogP contribution in [0.1, 0.15) is 11.5 Å². The van der Waals surface area contributed by atoms with Gasteiger partial charge in [0, 0.05) is 18.3 Å². The Bertz CT molecular complexity index is 607. The smallest absolute Gasteiger partial charge is 0.417 e. The molecule has 0 saturated heterocycles. The van der Waals surface area contributed by atoms with Crippen LogP contribution in [0, 0.1) is 5.82 Å². The Morgan fingerprint density at radius 1 is 1.14 bits per heavy atom. The molecule has 1 atom stereocenters. The molecule has 6 heteroatoms. The molecule has 0 spiro atoms. The molecule has 1 aliphatic rings. The number of ether oxygens (including phenoxy) is 2. The predicted octanol–water partition coefficient (Wildman–Crippen LogP) is 2.56. The first-order valence-corrected chi connectivity index (χ1v) is 6.17. The van der Waals surface area contributed by atoms with E-state index in [4.69, 9.17) is 4.74 Å². The number of rotatable bonds is 2. The average molecular weight is 291 g/mol. The van der Waals surface area contributed by atoms with Gasteiger partial charge in [-0.2, -0.15) is 0 Å². The molecule has 110 valence electrons. The van der Waals surface area contributed by atoms with Gasteiger partial charge in [-0.15, -0.1) is 0 Å². The lowest BCUT2D eigenvalue weighted by molar-refractivity contribution is -0.136. The van der Waals surface area contributed by atoms with E-state index in [1.807, 2.05) is 0 Å². The fourth-order valence-corrected chi connectivity index (χ4v) is 2.03. The van der Waals surface area contributed by atoms with Gasteiger partial charge in [-0.05, 0) is 17.7 Å². The monoisotopic (exact) mass is 291 g/mol. The topological polar surface area (TPSA) is 55.8 Å². The summed E-state index contributed by atoms with van der Waals surface area (Å²) in [6.07, 6.45) is 3.87. The first-order valence-electron chi connectivity index (χ1n) is 6.17. The number of hydrogen-bond acceptors (Lipinski definition) is 4. The van der Waals surface area contributed by atoms with Crippen molar-refractivity contribution in [2.45, 2.75) is 5.92 Å². The molecule has 1 aromatic rings. The Balaban J connectivity index is 2.37. The van der Waals surface area contributed by atoms with E-state index in [9.17, 15) is 14.0 Å². The van der Waals surface area contributed by atoms with Crippen LogP contribution in [0.5, 0.6) is 0 Å². The van der Waals surface area contributed by atoms with Crippen molar-refractivity contribution in [2.75, 3.05) is 14.2 Å². The van der Waals surface area contributed by atoms with Crippen LogP contribution < -0.4 is 0 Å². The Labute approximate surface area is 121 Å². The van der Waals surface area contributed by atoms with Crippen LogP contribution in [0.25, 0.3) is 0 Å². The van der Waals surface area contributed by atoms with E-state index in [1.54, 1.807) is 18.2 Å². The number of hydrogen-bond donors (Lipinski definition) is 0. The number of allylic oxidation sites excluding steroid dienone is 1. The van der Waals surface area contributed by atoms with E-state index in [-0.39, 0.29) is 11.4 Å². The Kier molecular flexibility index (Phi) is 4.37. The summed E-state index contributed by atoms with van der Waals surface area (Å²) in [5.74, 6) is -1.35. The van der Waals surface area contributed by atoms with Crippen LogP contribution in [0.3, 0.4) is 0 Å². The van der Waals surface area contributed by atoms with E-state index in [2.05, 4.69) is 4.74 Å². The molecule has 0 aliphatic carbocycles. The van der Waals surface area contributed by atoms with Crippen molar-refractivity contribution in [3.05, 3.63) is 59.7 Å². The van der Waals surface area contributed by atoms with Crippen molar-refractivity contribution in [2.24, 2.45) is 0 Å². The summed E-state index contributed by atoms with van der Waals surface area (Å²) in [6.45, 7) is 0. The molecule has 0 radical (unpaired) electrons. The zero-order valence-corrected chi connectivity index (χ0v) is 11.6. The summed E-state index contributed by atoms with van der Waals surface area (Å²) in [4.78, 5) is 24.6. The minimum atomic E-state index is -0.620. The second-order valence-corrected chi connectivity index (χ2v) is 4.32. The third kappa shape index (κ3) is 3.10. The highest BCUT2D eigenvalue weighted by Gasteiger charge is 2.27. The Hall–Kier alpha value is -2.63. The number of methoxy groups -OCH3 is 2. The van der Waals surface area contributed by atoms with Gasteiger partial charge in [0.25, 0.3) is 0 Å². The Morgan fingerprint density at radius 3 is 2.38 bits per heavy atom. The van der Waals surface area contributed by atoms with Crippen molar-refractivity contribution in [1.82, 2.24) is 4.90 Å². The summed E-state index contributed by atoms with van der Waals surface area (Å²) >= 11 is 0. The van der Waals surface area contributed by atoms with Gasteiger partial charge in [0.05, 0.1) is 19.8 Å². The second kappa shape index (κ2) is 6.21. The van der Waals surface area contributed by atoms with Crippen LogP contribution in [-0.2, 0) is 14.3 Å². The number of halogens is 1. The minimum Gasteiger partial charge on any atom is -0.466 e. The van der Waals surface area contributed by atoms with E-state index in [0.717, 1.165) is 4.90 Å². The third-order valence-corrected chi connectivity index (χ3v) is 3.09. The molecular weight excluding hydrogens is 277 g/mol. The van der Waals surface area contributed by atoms with Crippen molar-refractivity contribution >= 4 is 12.1 Å². The van der Waals surface area contributed by atoms with E-state index < -0.39 is 18.0 Å². The molecule has 21 heavy (non-hydrogen) atoms. The van der Waals surface area contributed by atoms with E-state index >= 15 is 0 Å². The molecular formula is C15H14FNO4. The first-order chi connectivity index (χ1) is 10.1. The number of carbonyl (C=O) groups is 2. The lowest BCUT2D eigenvalue weighted by Crippen LogP contribution is -2.26. The lowest BCUT2D eigenvalue weighted by atomic mass is 9.90. The highest BCUT2D eigenvalue weighted by Crippen LogP contribution is 2.30. The van der Waals surface area contributed by atoms with Gasteiger partial charge in [-0.3, -0.25) is 4.90 Å². The fraction of sp³-hybridized carbons (Fsp3) is 0.200. The number of benzene rings is 1. The average Bonchev–Trinajstić information content (AvgIpc) is 2.53. The van der Waals surface area contributed by atoms with Gasteiger partial charge in [0.2, 0.25) is 0 Å². The predicted molar refractivity (Wildman–Crippen MR) is 72.6 cm³/mol. The highest BCUT2D eigenvalue weighted by molar-refractivity contribution is 5.92. The van der Waals surface area contributed by atoms with Crippen LogP contribution in [0.4, 0.5) is 9.18 Å². The zero-order valence-electron chi connectivity index (χ0n) is 11.6. The van der Waals surface area contributed by atoms with Crippen LogP contribution >= 0.6 is 0 Å². The molecule has 1 aromatic carbocycles. The quantitative estimate of drug-likeness (QED) is 0.786. The SMILES string of the molecule is COC(=O)C1=CN(C(=O)OC)C=CC1c1ccc(F)cc1. The van der Waals surface area contributed by atoms with Crippen molar-refractivity contribution in [1.29, 1.82) is 0 Å². The van der Waals surface area contributed by atoms with Crippen LogP contribution in [-0.4, -0.2) is 31.2 Å². The summed E-state index contributed by atoms with van der Waals surface area (Å²) < 4.78 is 22.3. The van der Waals surface area contributed by atoms with Gasteiger partial charge in [-0.1, -0.05) is 18.2 Å². The molecule has 0 N–H and O–H groups in total. The fourth-order valence-electron chi connectivity index (χ4n) is 2.03. The molecule has 2 rings (SSSR count). The summed E-state index contributed by atoms with van der Waals surface area (Å²) in [5.41, 5.74) is 0.978. The molecule has 1 heterocycles. The van der Waals surface area contributed by atoms with Crippen molar-refractivity contribution < 1.29 is 23.5 Å². The maximum absolute atomic E-state index is 13.0. The Morgan fingerprint density at radius 2 is 1.81 bits per heavy atom. The minimum absolute atomic E-state index is 0.261. The number of amides is 1. The summed E-state index contributed by atoms with van der Waals surface area (Å²) in [6, 6.07) is 5.78. The number of nitrogens with zero attached hydrogens (tertiary/aromatic N) is 1. The zero-order chi connectivity index (χ0) is 15.4. The van der Waals surface area contributed by atoms with Crippen molar-refractivity contribution in [3.63, 3.8) is 0 Å². The largest absolute Gasteiger partial charge is 0.466 e. The van der Waals surface area contributed by atoms with E-state index in [1.165, 1.54) is 38.8 Å². The second-order valence-electron chi connectivity index (χ2n) is 4.32. The van der Waals surface area contributed by atoms with Crippen molar-refractivity contribution in [3.8, 4) is 0 Å². The molecule has 1 unspecified atom stereocenters. The first kappa shape index (κ1) is 14.8. The molecule has 0 aromatic heterocycles. The summed E-state index contributed by atoms with van der Waals surface area (Å²) in [7, 11) is 2.50. The van der Waals surface area contributed by atoms with Gasteiger partial charge < -0.3 is 9.47 Å². The molecule has 0 bridgehead atoms. The van der Waals surface area contributed by atoms with Gasteiger partial charge in [-0.25, -0.2) is 14.0 Å². The standard InChI is InChI=1S/C15H14FNO4/c1-20-14(18)13-9-17(15(19)21-2)8-7-12(13)10-3-5-11(16)6-4-10/h3-9,12H,1-2H3. The number of esters is 1. The molecule has 5 nitrogen and oxygen atoms in total. The highest BCUT2D eigenvalue weighted by atomic mass is 19.1. The maximum atomic E-state index is 13.0. The van der Waals surface area contributed by atoms with Gasteiger partial charge in [0.1, 0.15) is 5.82 Å². The van der Waals surface area contributed by atoms with Crippen LogP contribution in [0.2, 0.25) is 0 Å². The third-order valence-electron chi connectivity index (χ3n) is 3.09. The van der Waals surface area contributed by atoms with Gasteiger partial charge in [0.15, 0.2) is 0 Å². The van der Waals surface area contributed by atoms with Crippen LogP contribution in [0.15, 0.2) is 48.3 Å². The lowest BCUT2D eigenvalue weighted by Gasteiger charge is -2.24. The molecule has 0 saturated carbocycles. The number of carbonyl (C=O) groups excluding carboxylic acids is 2. The molecule has 0 fully saturated rings. The summed E-state index contributed by atoms with van der Waals surface area (Å²) in [5, 5.41) is 0. The maximum Gasteiger partial charge on any atom is 0.417 e. The normalized spacial score (nSPS) is 17.2. The molecule has 1 aliphatic heterocycles. The van der Waals surface area contributed by atoms with E-state index in [0.29, 0.717) is 5.56 Å². The van der Waals surface area contributed by atoms with Gasteiger partial charge >= 0.3 is 12.1 Å². The molecule has 1 amide bonds.